The number of carbonyl (C=O) groups excluding carboxylic acids is 1. The first-order valence-electron chi connectivity index (χ1n) is 11.0. The standard InChI is InChI=1S/C20H30N2O2S.C2HF3O2/c1-16(23)22-11-18(14-24-13-17-4-5-17)20(15-22)6-8-21(9-7-20)12-19-3-2-10-25-19;3-2(4,5)1(6)7/h2-3,10,17-18H,4-9,11-15H2,1H3;(H,6,7). The zero-order chi connectivity index (χ0) is 23.4. The molecule has 32 heavy (non-hydrogen) atoms. The SMILES string of the molecule is CC(=O)N1CC(COCC2CC2)C2(CCN(Cc3cccs3)CC2)C1.O=C(O)C(F)(F)F. The molecular weight excluding hydrogens is 445 g/mol. The highest BCUT2D eigenvalue weighted by atomic mass is 32.1. The molecule has 3 fully saturated rings. The van der Waals surface area contributed by atoms with Gasteiger partial charge in [-0.3, -0.25) is 9.69 Å². The van der Waals surface area contributed by atoms with Gasteiger partial charge in [-0.25, -0.2) is 4.79 Å². The van der Waals surface area contributed by atoms with Crippen LogP contribution < -0.4 is 0 Å². The zero-order valence-electron chi connectivity index (χ0n) is 18.3. The number of hydrogen-bond donors (Lipinski definition) is 1. The van der Waals surface area contributed by atoms with E-state index in [0.717, 1.165) is 51.9 Å². The van der Waals surface area contributed by atoms with Crippen molar-refractivity contribution in [2.24, 2.45) is 17.3 Å². The normalized spacial score (nSPS) is 23.1. The van der Waals surface area contributed by atoms with Gasteiger partial charge in [-0.2, -0.15) is 13.2 Å². The first-order valence-corrected chi connectivity index (χ1v) is 11.8. The minimum Gasteiger partial charge on any atom is -0.475 e. The van der Waals surface area contributed by atoms with Crippen LogP contribution in [0.4, 0.5) is 13.2 Å². The van der Waals surface area contributed by atoms with E-state index in [9.17, 15) is 18.0 Å². The average Bonchev–Trinajstić information content (AvgIpc) is 3.27. The molecule has 1 atom stereocenters. The second-order valence-electron chi connectivity index (χ2n) is 9.10. The van der Waals surface area contributed by atoms with Crippen LogP contribution in [0.3, 0.4) is 0 Å². The molecule has 2 aliphatic heterocycles. The van der Waals surface area contributed by atoms with Crippen LogP contribution >= 0.6 is 11.3 Å². The van der Waals surface area contributed by atoms with E-state index in [-0.39, 0.29) is 11.3 Å². The van der Waals surface area contributed by atoms with Gasteiger partial charge in [-0.15, -0.1) is 11.3 Å². The second-order valence-corrected chi connectivity index (χ2v) is 10.1. The first kappa shape index (κ1) is 25.0. The number of ether oxygens (including phenoxy) is 1. The number of piperidine rings is 1. The summed E-state index contributed by atoms with van der Waals surface area (Å²) in [7, 11) is 0. The van der Waals surface area contributed by atoms with Crippen LogP contribution in [0.5, 0.6) is 0 Å². The summed E-state index contributed by atoms with van der Waals surface area (Å²) in [4.78, 5) is 27.0. The highest BCUT2D eigenvalue weighted by molar-refractivity contribution is 7.09. The number of likely N-dealkylation sites (tertiary alicyclic amines) is 2. The van der Waals surface area contributed by atoms with Crippen LogP contribution in [0.25, 0.3) is 0 Å². The molecule has 1 aromatic rings. The number of alkyl halides is 3. The number of amides is 1. The molecule has 2 saturated heterocycles. The topological polar surface area (TPSA) is 70.1 Å². The van der Waals surface area contributed by atoms with Crippen molar-refractivity contribution < 1.29 is 32.6 Å². The third-order valence-corrected chi connectivity index (χ3v) is 7.54. The molecule has 3 heterocycles. The molecule has 0 bridgehead atoms. The molecule has 1 N–H and O–H groups in total. The Hall–Kier alpha value is -1.65. The van der Waals surface area contributed by atoms with Crippen molar-refractivity contribution >= 4 is 23.2 Å². The number of nitrogens with zero attached hydrogens (tertiary/aromatic N) is 2. The van der Waals surface area contributed by atoms with Crippen molar-refractivity contribution in [2.45, 2.75) is 45.3 Å². The van der Waals surface area contributed by atoms with Crippen molar-refractivity contribution in [1.82, 2.24) is 9.80 Å². The fraction of sp³-hybridized carbons (Fsp3) is 0.727. The van der Waals surface area contributed by atoms with E-state index in [1.807, 2.05) is 11.3 Å². The van der Waals surface area contributed by atoms with Gasteiger partial charge in [-0.1, -0.05) is 6.07 Å². The number of aliphatic carboxylic acids is 1. The highest BCUT2D eigenvalue weighted by Gasteiger charge is 2.48. The van der Waals surface area contributed by atoms with E-state index in [0.29, 0.717) is 5.92 Å². The molecule has 1 aromatic heterocycles. The molecule has 180 valence electrons. The summed E-state index contributed by atoms with van der Waals surface area (Å²) < 4.78 is 37.8. The molecule has 1 spiro atoms. The predicted octanol–water partition coefficient (Wildman–Crippen LogP) is 3.87. The minimum atomic E-state index is -5.08. The van der Waals surface area contributed by atoms with Crippen LogP contribution in [0, 0.1) is 17.3 Å². The second kappa shape index (κ2) is 10.5. The van der Waals surface area contributed by atoms with Crippen LogP contribution in [-0.2, 0) is 20.9 Å². The lowest BCUT2D eigenvalue weighted by atomic mass is 9.71. The number of halogens is 3. The van der Waals surface area contributed by atoms with Gasteiger partial charge < -0.3 is 14.7 Å². The zero-order valence-corrected chi connectivity index (χ0v) is 19.1. The van der Waals surface area contributed by atoms with Gasteiger partial charge in [0.05, 0.1) is 6.61 Å². The van der Waals surface area contributed by atoms with Crippen molar-refractivity contribution in [3.63, 3.8) is 0 Å². The number of rotatable bonds is 6. The average molecular weight is 477 g/mol. The summed E-state index contributed by atoms with van der Waals surface area (Å²) >= 11 is 1.85. The van der Waals surface area contributed by atoms with E-state index in [1.54, 1.807) is 6.92 Å². The van der Waals surface area contributed by atoms with Gasteiger partial charge in [0.1, 0.15) is 0 Å². The molecule has 0 aromatic carbocycles. The van der Waals surface area contributed by atoms with Gasteiger partial charge in [0.25, 0.3) is 0 Å². The van der Waals surface area contributed by atoms with E-state index in [1.165, 1.54) is 30.6 Å². The lowest BCUT2D eigenvalue weighted by Crippen LogP contribution is -2.45. The van der Waals surface area contributed by atoms with E-state index >= 15 is 0 Å². The molecule has 1 saturated carbocycles. The summed E-state index contributed by atoms with van der Waals surface area (Å²) in [5.41, 5.74) is 0.279. The molecule has 1 aliphatic carbocycles. The van der Waals surface area contributed by atoms with Crippen LogP contribution in [0.15, 0.2) is 17.5 Å². The number of carbonyl (C=O) groups is 2. The molecule has 6 nitrogen and oxygen atoms in total. The minimum absolute atomic E-state index is 0.227. The molecule has 10 heteroatoms. The fourth-order valence-corrected chi connectivity index (χ4v) is 5.26. The van der Waals surface area contributed by atoms with Gasteiger partial charge in [0.2, 0.25) is 5.91 Å². The Kier molecular flexibility index (Phi) is 8.21. The van der Waals surface area contributed by atoms with Gasteiger partial charge in [0.15, 0.2) is 0 Å². The fourth-order valence-electron chi connectivity index (χ4n) is 4.51. The quantitative estimate of drug-likeness (QED) is 0.675. The number of hydrogen-bond acceptors (Lipinski definition) is 5. The Morgan fingerprint density at radius 2 is 1.91 bits per heavy atom. The van der Waals surface area contributed by atoms with Gasteiger partial charge >= 0.3 is 12.1 Å². The predicted molar refractivity (Wildman–Crippen MR) is 114 cm³/mol. The maximum atomic E-state index is 12.0. The molecule has 0 radical (unpaired) electrons. The van der Waals surface area contributed by atoms with Crippen molar-refractivity contribution in [3.05, 3.63) is 22.4 Å². The van der Waals surface area contributed by atoms with E-state index in [4.69, 9.17) is 14.6 Å². The third-order valence-electron chi connectivity index (χ3n) is 6.68. The molecule has 4 rings (SSSR count). The molecular formula is C22H31F3N2O4S. The van der Waals surface area contributed by atoms with Crippen LogP contribution in [0.1, 0.15) is 37.5 Å². The summed E-state index contributed by atoms with van der Waals surface area (Å²) in [6, 6.07) is 4.37. The smallest absolute Gasteiger partial charge is 0.475 e. The van der Waals surface area contributed by atoms with Crippen molar-refractivity contribution in [1.29, 1.82) is 0 Å². The maximum absolute atomic E-state index is 12.0. The number of thiophene rings is 1. The Bertz CT molecular complexity index is 760. The van der Waals surface area contributed by atoms with Crippen LogP contribution in [-0.4, -0.2) is 72.4 Å². The Labute approximate surface area is 190 Å². The lowest BCUT2D eigenvalue weighted by molar-refractivity contribution is -0.192. The Morgan fingerprint density at radius 3 is 2.41 bits per heavy atom. The Balaban J connectivity index is 0.000000360. The molecule has 1 amide bonds. The van der Waals surface area contributed by atoms with Crippen LogP contribution in [0.2, 0.25) is 0 Å². The number of carboxylic acids is 1. The third kappa shape index (κ3) is 6.92. The van der Waals surface area contributed by atoms with Crippen molar-refractivity contribution in [3.8, 4) is 0 Å². The first-order chi connectivity index (χ1) is 15.1. The summed E-state index contributed by atoms with van der Waals surface area (Å²) in [5, 5.41) is 9.29. The summed E-state index contributed by atoms with van der Waals surface area (Å²) in [5.74, 6) is -1.20. The van der Waals surface area contributed by atoms with E-state index in [2.05, 4.69) is 27.3 Å². The Morgan fingerprint density at radius 1 is 1.25 bits per heavy atom. The van der Waals surface area contributed by atoms with Gasteiger partial charge in [0, 0.05) is 44.0 Å². The van der Waals surface area contributed by atoms with E-state index < -0.39 is 12.1 Å². The largest absolute Gasteiger partial charge is 0.490 e. The summed E-state index contributed by atoms with van der Waals surface area (Å²) in [6.07, 6.45) is -0.0145. The highest BCUT2D eigenvalue weighted by Crippen LogP contribution is 2.45. The van der Waals surface area contributed by atoms with Crippen molar-refractivity contribution in [2.75, 3.05) is 39.4 Å². The molecule has 1 unspecified atom stereocenters. The maximum Gasteiger partial charge on any atom is 0.490 e. The molecule has 3 aliphatic rings. The monoisotopic (exact) mass is 476 g/mol. The summed E-state index contributed by atoms with van der Waals surface area (Å²) in [6.45, 7) is 8.67. The van der Waals surface area contributed by atoms with Gasteiger partial charge in [-0.05, 0) is 61.6 Å². The number of carboxylic acid groups (broad SMARTS) is 1. The lowest BCUT2D eigenvalue weighted by Gasteiger charge is -2.42.